The van der Waals surface area contributed by atoms with Crippen LogP contribution in [-0.2, 0) is 9.53 Å². The maximum absolute atomic E-state index is 12.9. The summed E-state index contributed by atoms with van der Waals surface area (Å²) in [4.78, 5) is 25.2. The van der Waals surface area contributed by atoms with Crippen molar-refractivity contribution in [3.05, 3.63) is 82.2 Å². The Bertz CT molecular complexity index is 1100. The monoisotopic (exact) mass is 426 g/mol. The van der Waals surface area contributed by atoms with Crippen LogP contribution in [-0.4, -0.2) is 29.2 Å². The van der Waals surface area contributed by atoms with E-state index < -0.39 is 24.5 Å². The second kappa shape index (κ2) is 8.20. The lowest BCUT2D eigenvalue weighted by atomic mass is 10.0. The molecule has 4 rings (SSSR count). The van der Waals surface area contributed by atoms with E-state index in [1.54, 1.807) is 50.4 Å². The van der Waals surface area contributed by atoms with Gasteiger partial charge in [0.15, 0.2) is 6.61 Å². The Balaban J connectivity index is 1.52. The number of furan rings is 2. The third kappa shape index (κ3) is 4.02. The number of esters is 1. The number of hydrazone groups is 1. The summed E-state index contributed by atoms with van der Waals surface area (Å²) in [5, 5.41) is 6.41. The van der Waals surface area contributed by atoms with Crippen molar-refractivity contribution in [3.63, 3.8) is 0 Å². The van der Waals surface area contributed by atoms with E-state index in [1.807, 2.05) is 12.1 Å². The Kier molecular flexibility index (Phi) is 5.46. The van der Waals surface area contributed by atoms with E-state index in [-0.39, 0.29) is 0 Å². The Labute approximate surface area is 177 Å². The predicted octanol–water partition coefficient (Wildman–Crippen LogP) is 4.68. The first kappa shape index (κ1) is 20.0. The Morgan fingerprint density at radius 2 is 2.00 bits per heavy atom. The van der Waals surface area contributed by atoms with E-state index in [0.29, 0.717) is 40.0 Å². The van der Waals surface area contributed by atoms with Gasteiger partial charge in [0.05, 0.1) is 12.0 Å². The normalized spacial score (nSPS) is 15.9. The van der Waals surface area contributed by atoms with Crippen molar-refractivity contribution in [2.24, 2.45) is 5.10 Å². The largest absolute Gasteiger partial charge is 0.467 e. The quantitative estimate of drug-likeness (QED) is 0.553. The number of hydrogen-bond acceptors (Lipinski definition) is 6. The fraction of sp³-hybridized carbons (Fsp3) is 0.227. The standard InChI is InChI=1S/C22H19ClN2O5/c1-13-10-17(14(2)30-13)22(27)29-12-21(26)25-19(20-4-3-9-28-20)11-18(24-25)15-5-7-16(23)8-6-15/h3-10,19H,11-12H2,1-2H3. The highest BCUT2D eigenvalue weighted by Crippen LogP contribution is 2.33. The number of amides is 1. The summed E-state index contributed by atoms with van der Waals surface area (Å²) in [6.07, 6.45) is 2.01. The minimum Gasteiger partial charge on any atom is -0.467 e. The lowest BCUT2D eigenvalue weighted by Gasteiger charge is -2.19. The van der Waals surface area contributed by atoms with E-state index in [9.17, 15) is 9.59 Å². The fourth-order valence-electron chi connectivity index (χ4n) is 3.36. The molecule has 0 saturated carbocycles. The summed E-state index contributed by atoms with van der Waals surface area (Å²) in [5.41, 5.74) is 1.87. The average molecular weight is 427 g/mol. The predicted molar refractivity (Wildman–Crippen MR) is 109 cm³/mol. The number of ether oxygens (including phenoxy) is 1. The molecule has 1 aliphatic rings. The number of benzene rings is 1. The molecule has 0 radical (unpaired) electrons. The van der Waals surface area contributed by atoms with Gasteiger partial charge < -0.3 is 13.6 Å². The number of nitrogens with zero attached hydrogens (tertiary/aromatic N) is 2. The zero-order chi connectivity index (χ0) is 21.3. The van der Waals surface area contributed by atoms with Crippen molar-refractivity contribution >= 4 is 29.2 Å². The van der Waals surface area contributed by atoms with Crippen LogP contribution in [0.2, 0.25) is 5.02 Å². The van der Waals surface area contributed by atoms with Crippen molar-refractivity contribution < 1.29 is 23.2 Å². The molecule has 0 saturated heterocycles. The SMILES string of the molecule is Cc1cc(C(=O)OCC(=O)N2N=C(c3ccc(Cl)cc3)CC2c2ccco2)c(C)o1. The number of halogens is 1. The van der Waals surface area contributed by atoms with Crippen molar-refractivity contribution in [2.45, 2.75) is 26.3 Å². The molecule has 1 amide bonds. The number of aryl methyl sites for hydroxylation is 2. The van der Waals surface area contributed by atoms with Crippen LogP contribution in [0.15, 0.2) is 62.7 Å². The van der Waals surface area contributed by atoms with Gasteiger partial charge in [0.2, 0.25) is 0 Å². The van der Waals surface area contributed by atoms with Gasteiger partial charge in [0, 0.05) is 11.4 Å². The van der Waals surface area contributed by atoms with Gasteiger partial charge in [-0.1, -0.05) is 23.7 Å². The molecule has 7 nitrogen and oxygen atoms in total. The number of hydrogen-bond donors (Lipinski definition) is 0. The minimum absolute atomic E-state index is 0.301. The first-order valence-electron chi connectivity index (χ1n) is 9.35. The van der Waals surface area contributed by atoms with Crippen molar-refractivity contribution in [3.8, 4) is 0 Å². The van der Waals surface area contributed by atoms with E-state index in [1.165, 1.54) is 5.01 Å². The molecule has 30 heavy (non-hydrogen) atoms. The van der Waals surface area contributed by atoms with Crippen LogP contribution in [0.4, 0.5) is 0 Å². The molecule has 0 aliphatic carbocycles. The molecule has 1 unspecified atom stereocenters. The van der Waals surface area contributed by atoms with Gasteiger partial charge in [0.25, 0.3) is 5.91 Å². The van der Waals surface area contributed by atoms with Crippen molar-refractivity contribution in [2.75, 3.05) is 6.61 Å². The highest BCUT2D eigenvalue weighted by molar-refractivity contribution is 6.30. The smallest absolute Gasteiger partial charge is 0.342 e. The third-order valence-electron chi connectivity index (χ3n) is 4.80. The van der Waals surface area contributed by atoms with Crippen LogP contribution >= 0.6 is 11.6 Å². The molecule has 1 aliphatic heterocycles. The van der Waals surface area contributed by atoms with Gasteiger partial charge in [-0.15, -0.1) is 0 Å². The molecular weight excluding hydrogens is 408 g/mol. The van der Waals surface area contributed by atoms with Crippen LogP contribution in [0.1, 0.15) is 45.7 Å². The zero-order valence-electron chi connectivity index (χ0n) is 16.4. The molecule has 0 N–H and O–H groups in total. The van der Waals surface area contributed by atoms with Gasteiger partial charge in [-0.25, -0.2) is 9.80 Å². The molecule has 1 aromatic carbocycles. The Hall–Kier alpha value is -3.32. The van der Waals surface area contributed by atoms with Gasteiger partial charge in [0.1, 0.15) is 28.9 Å². The molecule has 3 aromatic rings. The second-order valence-corrected chi connectivity index (χ2v) is 7.37. The topological polar surface area (TPSA) is 85.3 Å². The maximum atomic E-state index is 12.9. The van der Waals surface area contributed by atoms with Crippen LogP contribution < -0.4 is 0 Å². The van der Waals surface area contributed by atoms with Gasteiger partial charge in [-0.05, 0) is 49.7 Å². The molecule has 1 atom stereocenters. The lowest BCUT2D eigenvalue weighted by Crippen LogP contribution is -2.31. The van der Waals surface area contributed by atoms with Crippen molar-refractivity contribution in [1.82, 2.24) is 5.01 Å². The summed E-state index contributed by atoms with van der Waals surface area (Å²) >= 11 is 5.97. The zero-order valence-corrected chi connectivity index (χ0v) is 17.2. The van der Waals surface area contributed by atoms with Gasteiger partial charge in [-0.2, -0.15) is 5.10 Å². The third-order valence-corrected chi connectivity index (χ3v) is 5.05. The molecule has 0 bridgehead atoms. The first-order chi connectivity index (χ1) is 14.4. The maximum Gasteiger partial charge on any atom is 0.342 e. The highest BCUT2D eigenvalue weighted by Gasteiger charge is 2.35. The molecule has 0 spiro atoms. The summed E-state index contributed by atoms with van der Waals surface area (Å²) in [7, 11) is 0. The molecule has 3 heterocycles. The number of rotatable bonds is 5. The Morgan fingerprint density at radius 1 is 1.23 bits per heavy atom. The number of carbonyl (C=O) groups is 2. The summed E-state index contributed by atoms with van der Waals surface area (Å²) < 4.78 is 16.1. The van der Waals surface area contributed by atoms with E-state index >= 15 is 0 Å². The molecular formula is C22H19ClN2O5. The van der Waals surface area contributed by atoms with Gasteiger partial charge >= 0.3 is 5.97 Å². The molecule has 154 valence electrons. The second-order valence-electron chi connectivity index (χ2n) is 6.93. The molecule has 8 heteroatoms. The van der Waals surface area contributed by atoms with E-state index in [4.69, 9.17) is 25.2 Å². The average Bonchev–Trinajstić information content (AvgIpc) is 3.45. The Morgan fingerprint density at radius 3 is 2.63 bits per heavy atom. The highest BCUT2D eigenvalue weighted by atomic mass is 35.5. The van der Waals surface area contributed by atoms with Crippen LogP contribution in [0, 0.1) is 13.8 Å². The number of carbonyl (C=O) groups excluding carboxylic acids is 2. The van der Waals surface area contributed by atoms with E-state index in [2.05, 4.69) is 5.10 Å². The van der Waals surface area contributed by atoms with Crippen LogP contribution in [0.5, 0.6) is 0 Å². The first-order valence-corrected chi connectivity index (χ1v) is 9.73. The lowest BCUT2D eigenvalue weighted by molar-refractivity contribution is -0.136. The molecule has 0 fully saturated rings. The summed E-state index contributed by atoms with van der Waals surface area (Å²) in [5.74, 6) is 0.576. The van der Waals surface area contributed by atoms with E-state index in [0.717, 1.165) is 5.56 Å². The summed E-state index contributed by atoms with van der Waals surface area (Å²) in [6, 6.07) is 11.9. The summed E-state index contributed by atoms with van der Waals surface area (Å²) in [6.45, 7) is 2.96. The van der Waals surface area contributed by atoms with Crippen LogP contribution in [0.3, 0.4) is 0 Å². The minimum atomic E-state index is -0.617. The van der Waals surface area contributed by atoms with Gasteiger partial charge in [-0.3, -0.25) is 4.79 Å². The van der Waals surface area contributed by atoms with Crippen LogP contribution in [0.25, 0.3) is 0 Å². The van der Waals surface area contributed by atoms with Crippen molar-refractivity contribution in [1.29, 1.82) is 0 Å². The fourth-order valence-corrected chi connectivity index (χ4v) is 3.49. The molecule has 2 aromatic heterocycles.